The molecule has 0 saturated carbocycles. The maximum absolute atomic E-state index is 15.2. The maximum Gasteiger partial charge on any atom is 0.249 e. The van der Waals surface area contributed by atoms with E-state index in [-0.39, 0.29) is 11.7 Å². The lowest BCUT2D eigenvalue weighted by molar-refractivity contribution is 0.100. The first kappa shape index (κ1) is 23.7. The van der Waals surface area contributed by atoms with E-state index in [2.05, 4.69) is 5.32 Å². The van der Waals surface area contributed by atoms with Crippen LogP contribution in [0, 0.1) is 11.2 Å². The Labute approximate surface area is 203 Å². The van der Waals surface area contributed by atoms with Gasteiger partial charge in [-0.05, 0) is 48.4 Å². The summed E-state index contributed by atoms with van der Waals surface area (Å²) >= 11 is 0. The molecule has 0 aliphatic rings. The molecule has 1 heterocycles. The normalized spacial score (nSPS) is 11.7. The first-order valence-electron chi connectivity index (χ1n) is 11.2. The molecule has 35 heavy (non-hydrogen) atoms. The first-order chi connectivity index (χ1) is 16.8. The average molecular weight is 471 g/mol. The first-order valence-corrected chi connectivity index (χ1v) is 11.2. The van der Waals surface area contributed by atoms with E-state index >= 15 is 4.39 Å². The van der Waals surface area contributed by atoms with Gasteiger partial charge in [0.15, 0.2) is 0 Å². The van der Waals surface area contributed by atoms with Crippen molar-refractivity contribution in [2.24, 2.45) is 18.5 Å². The fourth-order valence-electron chi connectivity index (χ4n) is 4.03. The number of carbonyl (C=O) groups is 1. The van der Waals surface area contributed by atoms with E-state index in [9.17, 15) is 4.79 Å². The van der Waals surface area contributed by atoms with Gasteiger partial charge in [-0.2, -0.15) is 0 Å². The number of nitrogens with one attached hydrogen (secondary N) is 2. The number of carbonyl (C=O) groups excluding carboxylic acids is 1. The van der Waals surface area contributed by atoms with Crippen LogP contribution in [0.3, 0.4) is 0 Å². The van der Waals surface area contributed by atoms with Gasteiger partial charge in [-0.15, -0.1) is 0 Å². The predicted molar refractivity (Wildman–Crippen MR) is 136 cm³/mol. The molecular weight excluding hydrogens is 443 g/mol. The summed E-state index contributed by atoms with van der Waals surface area (Å²) < 4.78 is 17.0. The van der Waals surface area contributed by atoms with Gasteiger partial charge in [-0.3, -0.25) is 10.2 Å². The molecule has 4 rings (SSSR count). The minimum Gasteiger partial charge on any atom is -0.384 e. The molecule has 3 aromatic carbocycles. The monoisotopic (exact) mass is 470 g/mol. The van der Waals surface area contributed by atoms with Crippen molar-refractivity contribution in [2.75, 3.05) is 5.32 Å². The van der Waals surface area contributed by atoms with Crippen molar-refractivity contribution < 1.29 is 9.18 Å². The van der Waals surface area contributed by atoms with Crippen molar-refractivity contribution in [3.63, 3.8) is 0 Å². The lowest BCUT2D eigenvalue weighted by atomic mass is 10.0. The standard InChI is InChI=1S/C27H27FN6O/c1-3-16-8-13-22(28)21(14-16)24(32-18-11-9-17(10-12-18)25(29)30)27-33-23(15-34(27)2)19-6-4-5-7-20(19)26(31)35/h4-15,24,32H,3H2,1-2H3,(H3,29,30)(H2,31,35). The zero-order chi connectivity index (χ0) is 25.1. The summed E-state index contributed by atoms with van der Waals surface area (Å²) in [5.41, 5.74) is 15.4. The molecule has 0 bridgehead atoms. The molecule has 0 fully saturated rings. The summed E-state index contributed by atoms with van der Waals surface area (Å²) in [5.74, 6) is -0.379. The second kappa shape index (κ2) is 9.80. The molecule has 1 unspecified atom stereocenters. The molecule has 1 atom stereocenters. The van der Waals surface area contributed by atoms with Crippen LogP contribution in [0.1, 0.15) is 45.8 Å². The number of nitrogens with zero attached hydrogens (tertiary/aromatic N) is 2. The zero-order valence-corrected chi connectivity index (χ0v) is 19.5. The van der Waals surface area contributed by atoms with Gasteiger partial charge in [0, 0.05) is 41.2 Å². The van der Waals surface area contributed by atoms with Crippen molar-refractivity contribution in [1.29, 1.82) is 5.41 Å². The number of primary amides is 1. The second-order valence-electron chi connectivity index (χ2n) is 8.28. The van der Waals surface area contributed by atoms with Crippen LogP contribution < -0.4 is 16.8 Å². The fraction of sp³-hybridized carbons (Fsp3) is 0.148. The maximum atomic E-state index is 15.2. The van der Waals surface area contributed by atoms with Crippen LogP contribution in [0.15, 0.2) is 72.9 Å². The summed E-state index contributed by atoms with van der Waals surface area (Å²) in [7, 11) is 1.83. The quantitative estimate of drug-likeness (QED) is 0.225. The SMILES string of the molecule is CCc1ccc(F)c(C(Nc2ccc(C(=N)N)cc2)c2nc(-c3ccccc3C(N)=O)cn2C)c1. The third-order valence-electron chi connectivity index (χ3n) is 5.93. The Hall–Kier alpha value is -4.46. The number of aryl methyl sites for hydroxylation is 2. The highest BCUT2D eigenvalue weighted by atomic mass is 19.1. The number of hydrogen-bond donors (Lipinski definition) is 4. The lowest BCUT2D eigenvalue weighted by Crippen LogP contribution is -2.18. The molecular formula is C27H27FN6O. The van der Waals surface area contributed by atoms with Crippen molar-refractivity contribution >= 4 is 17.4 Å². The summed E-state index contributed by atoms with van der Waals surface area (Å²) in [6.45, 7) is 2.01. The largest absolute Gasteiger partial charge is 0.384 e. The van der Waals surface area contributed by atoms with Crippen LogP contribution >= 0.6 is 0 Å². The molecule has 7 nitrogen and oxygen atoms in total. The Balaban J connectivity index is 1.83. The number of imidazole rings is 1. The summed E-state index contributed by atoms with van der Waals surface area (Å²) in [4.78, 5) is 16.8. The minimum atomic E-state index is -0.635. The second-order valence-corrected chi connectivity index (χ2v) is 8.28. The molecule has 0 radical (unpaired) electrons. The average Bonchev–Trinajstić information content (AvgIpc) is 3.24. The zero-order valence-electron chi connectivity index (χ0n) is 19.5. The van der Waals surface area contributed by atoms with Crippen LogP contribution in [0.25, 0.3) is 11.3 Å². The molecule has 4 aromatic rings. The number of nitrogen functional groups attached to an aromatic ring is 1. The highest BCUT2D eigenvalue weighted by molar-refractivity contribution is 5.99. The van der Waals surface area contributed by atoms with Crippen LogP contribution in [-0.4, -0.2) is 21.3 Å². The van der Waals surface area contributed by atoms with Gasteiger partial charge in [0.2, 0.25) is 5.91 Å². The van der Waals surface area contributed by atoms with E-state index in [4.69, 9.17) is 21.9 Å². The minimum absolute atomic E-state index is 0.0309. The molecule has 0 aliphatic heterocycles. The van der Waals surface area contributed by atoms with E-state index in [1.165, 1.54) is 6.07 Å². The lowest BCUT2D eigenvalue weighted by Gasteiger charge is -2.22. The van der Waals surface area contributed by atoms with Gasteiger partial charge in [0.1, 0.15) is 23.5 Å². The molecule has 0 saturated heterocycles. The van der Waals surface area contributed by atoms with Gasteiger partial charge in [-0.1, -0.05) is 37.3 Å². The third kappa shape index (κ3) is 4.91. The number of halogens is 1. The number of rotatable bonds is 8. The topological polar surface area (TPSA) is 123 Å². The van der Waals surface area contributed by atoms with Gasteiger partial charge >= 0.3 is 0 Å². The Morgan fingerprint density at radius 2 is 1.83 bits per heavy atom. The van der Waals surface area contributed by atoms with Crippen LogP contribution in [0.2, 0.25) is 0 Å². The number of amides is 1. The highest BCUT2D eigenvalue weighted by Crippen LogP contribution is 2.32. The molecule has 1 amide bonds. The summed E-state index contributed by atoms with van der Waals surface area (Å²) in [5, 5.41) is 11.0. The van der Waals surface area contributed by atoms with Gasteiger partial charge in [-0.25, -0.2) is 9.37 Å². The fourth-order valence-corrected chi connectivity index (χ4v) is 4.03. The summed E-state index contributed by atoms with van der Waals surface area (Å²) in [6.07, 6.45) is 2.55. The van der Waals surface area contributed by atoms with E-state index in [1.807, 2.05) is 30.7 Å². The van der Waals surface area contributed by atoms with Crippen molar-refractivity contribution in [3.05, 3.63) is 107 Å². The number of aromatic nitrogens is 2. The number of amidine groups is 1. The number of hydrogen-bond acceptors (Lipinski definition) is 4. The van der Waals surface area contributed by atoms with Crippen LogP contribution in [0.4, 0.5) is 10.1 Å². The van der Waals surface area contributed by atoms with E-state index in [0.29, 0.717) is 39.5 Å². The van der Waals surface area contributed by atoms with Crippen LogP contribution in [0.5, 0.6) is 0 Å². The molecule has 178 valence electrons. The van der Waals surface area contributed by atoms with Gasteiger partial charge < -0.3 is 21.4 Å². The third-order valence-corrected chi connectivity index (χ3v) is 5.93. The Kier molecular flexibility index (Phi) is 6.64. The molecule has 0 aliphatic carbocycles. The molecule has 1 aromatic heterocycles. The van der Waals surface area contributed by atoms with Crippen molar-refractivity contribution in [3.8, 4) is 11.3 Å². The van der Waals surface area contributed by atoms with Crippen molar-refractivity contribution in [1.82, 2.24) is 9.55 Å². The van der Waals surface area contributed by atoms with Crippen LogP contribution in [-0.2, 0) is 13.5 Å². The molecule has 6 N–H and O–H groups in total. The number of nitrogens with two attached hydrogens (primary N) is 2. The Morgan fingerprint density at radius 1 is 1.11 bits per heavy atom. The predicted octanol–water partition coefficient (Wildman–Crippen LogP) is 4.37. The number of benzene rings is 3. The van der Waals surface area contributed by atoms with E-state index in [1.54, 1.807) is 54.7 Å². The number of anilines is 1. The summed E-state index contributed by atoms with van der Waals surface area (Å²) in [6, 6.07) is 18.5. The van der Waals surface area contributed by atoms with Gasteiger partial charge in [0.05, 0.1) is 5.69 Å². The molecule has 8 heteroatoms. The van der Waals surface area contributed by atoms with E-state index in [0.717, 1.165) is 12.0 Å². The van der Waals surface area contributed by atoms with Crippen molar-refractivity contribution in [2.45, 2.75) is 19.4 Å². The smallest absolute Gasteiger partial charge is 0.249 e. The van der Waals surface area contributed by atoms with E-state index < -0.39 is 11.9 Å². The Morgan fingerprint density at radius 3 is 2.49 bits per heavy atom. The Bertz CT molecular complexity index is 1390. The highest BCUT2D eigenvalue weighted by Gasteiger charge is 2.25. The molecule has 0 spiro atoms. The van der Waals surface area contributed by atoms with Gasteiger partial charge in [0.25, 0.3) is 0 Å².